The molecule has 0 aromatic carbocycles. The highest BCUT2D eigenvalue weighted by Gasteiger charge is 2.45. The van der Waals surface area contributed by atoms with Crippen molar-refractivity contribution in [3.8, 4) is 0 Å². The van der Waals surface area contributed by atoms with Gasteiger partial charge < -0.3 is 14.3 Å². The van der Waals surface area contributed by atoms with Crippen LogP contribution in [0, 0.1) is 11.8 Å². The minimum Gasteiger partial charge on any atom is -0.481 e. The number of methoxy groups -OCH3 is 1. The third-order valence-electron chi connectivity index (χ3n) is 5.51. The zero-order valence-electron chi connectivity index (χ0n) is 17.3. The van der Waals surface area contributed by atoms with E-state index in [1.54, 1.807) is 7.11 Å². The lowest BCUT2D eigenvalue weighted by Crippen LogP contribution is -2.49. The van der Waals surface area contributed by atoms with Crippen molar-refractivity contribution >= 4 is 14.3 Å². The zero-order chi connectivity index (χ0) is 19.1. The number of aliphatic carboxylic acids is 1. The summed E-state index contributed by atoms with van der Waals surface area (Å²) >= 11 is 0. The van der Waals surface area contributed by atoms with Crippen LogP contribution in [0.25, 0.3) is 0 Å². The molecule has 0 saturated carbocycles. The summed E-state index contributed by atoms with van der Waals surface area (Å²) in [5.41, 5.74) is 1.69. The van der Waals surface area contributed by atoms with Crippen molar-refractivity contribution in [1.29, 1.82) is 0 Å². The molecule has 1 N–H and O–H groups in total. The highest BCUT2D eigenvalue weighted by atomic mass is 28.4. The van der Waals surface area contributed by atoms with Crippen molar-refractivity contribution in [3.63, 3.8) is 0 Å². The number of carboxylic acids is 1. The third-order valence-corrected chi connectivity index (χ3v) is 11.6. The summed E-state index contributed by atoms with van der Waals surface area (Å²) in [5, 5.41) is 8.89. The van der Waals surface area contributed by atoms with Crippen LogP contribution in [-0.2, 0) is 14.0 Å². The van der Waals surface area contributed by atoms with Crippen molar-refractivity contribution in [2.24, 2.45) is 11.8 Å². The Balaban J connectivity index is 4.97. The summed E-state index contributed by atoms with van der Waals surface area (Å²) in [6.07, 6.45) is 0.860. The molecular formula is C19H40O4Si. The summed E-state index contributed by atoms with van der Waals surface area (Å²) in [7, 11) is -0.151. The molecule has 0 saturated heterocycles. The van der Waals surface area contributed by atoms with Gasteiger partial charge in [-0.3, -0.25) is 4.79 Å². The second kappa shape index (κ2) is 10.6. The maximum absolute atomic E-state index is 10.8. The molecule has 0 bridgehead atoms. The van der Waals surface area contributed by atoms with Crippen LogP contribution in [-0.4, -0.2) is 39.2 Å². The molecule has 0 radical (unpaired) electrons. The molecule has 0 rings (SSSR count). The van der Waals surface area contributed by atoms with Crippen molar-refractivity contribution in [3.05, 3.63) is 0 Å². The minimum atomic E-state index is -1.87. The molecule has 0 aromatic rings. The van der Waals surface area contributed by atoms with E-state index in [1.807, 2.05) is 0 Å². The fourth-order valence-corrected chi connectivity index (χ4v) is 9.96. The zero-order valence-corrected chi connectivity index (χ0v) is 18.3. The summed E-state index contributed by atoms with van der Waals surface area (Å²) in [5.74, 6) is -0.286. The molecule has 3 atom stereocenters. The van der Waals surface area contributed by atoms with Gasteiger partial charge in [0, 0.05) is 26.1 Å². The molecule has 5 heteroatoms. The Hall–Kier alpha value is -0.393. The number of hydrogen-bond donors (Lipinski definition) is 1. The van der Waals surface area contributed by atoms with Gasteiger partial charge in [0.1, 0.15) is 0 Å². The topological polar surface area (TPSA) is 55.8 Å². The van der Waals surface area contributed by atoms with Crippen LogP contribution >= 0.6 is 0 Å². The molecule has 0 amide bonds. The van der Waals surface area contributed by atoms with E-state index in [-0.39, 0.29) is 24.4 Å². The van der Waals surface area contributed by atoms with Gasteiger partial charge >= 0.3 is 5.97 Å². The molecule has 0 aromatic heterocycles. The van der Waals surface area contributed by atoms with Gasteiger partial charge in [-0.05, 0) is 29.0 Å². The Bertz CT molecular complexity index is 347. The molecular weight excluding hydrogens is 320 g/mol. The molecule has 0 aliphatic rings. The molecule has 4 nitrogen and oxygen atoms in total. The van der Waals surface area contributed by atoms with Crippen molar-refractivity contribution in [2.75, 3.05) is 13.7 Å². The average Bonchev–Trinajstić information content (AvgIpc) is 2.45. The highest BCUT2D eigenvalue weighted by molar-refractivity contribution is 6.77. The molecule has 24 heavy (non-hydrogen) atoms. The smallest absolute Gasteiger partial charge is 0.303 e. The predicted octanol–water partition coefficient (Wildman–Crippen LogP) is 5.33. The molecule has 0 spiro atoms. The van der Waals surface area contributed by atoms with Crippen LogP contribution in [0.1, 0.15) is 68.2 Å². The van der Waals surface area contributed by atoms with Crippen LogP contribution in [0.15, 0.2) is 0 Å². The maximum Gasteiger partial charge on any atom is 0.303 e. The second-order valence-corrected chi connectivity index (χ2v) is 13.7. The number of carbonyl (C=O) groups is 1. The van der Waals surface area contributed by atoms with Gasteiger partial charge in [0.05, 0.1) is 6.10 Å². The lowest BCUT2D eigenvalue weighted by Gasteiger charge is -2.43. The first-order valence-electron chi connectivity index (χ1n) is 9.39. The van der Waals surface area contributed by atoms with E-state index in [4.69, 9.17) is 14.3 Å². The first kappa shape index (κ1) is 23.6. The predicted molar refractivity (Wildman–Crippen MR) is 103 cm³/mol. The van der Waals surface area contributed by atoms with Gasteiger partial charge in [-0.25, -0.2) is 0 Å². The summed E-state index contributed by atoms with van der Waals surface area (Å²) < 4.78 is 12.4. The van der Waals surface area contributed by atoms with Crippen LogP contribution in [0.3, 0.4) is 0 Å². The highest BCUT2D eigenvalue weighted by Crippen LogP contribution is 2.42. The van der Waals surface area contributed by atoms with Crippen LogP contribution in [0.5, 0.6) is 0 Å². The maximum atomic E-state index is 10.8. The normalized spacial score (nSPS) is 16.7. The Morgan fingerprint density at radius 2 is 1.38 bits per heavy atom. The Kier molecular flexibility index (Phi) is 10.4. The number of carboxylic acid groups (broad SMARTS) is 1. The lowest BCUT2D eigenvalue weighted by molar-refractivity contribution is -0.137. The minimum absolute atomic E-state index is 0.0301. The van der Waals surface area contributed by atoms with Gasteiger partial charge in [0.2, 0.25) is 0 Å². The Morgan fingerprint density at radius 3 is 1.71 bits per heavy atom. The van der Waals surface area contributed by atoms with E-state index in [0.29, 0.717) is 29.7 Å². The number of rotatable bonds is 12. The van der Waals surface area contributed by atoms with Crippen LogP contribution in [0.4, 0.5) is 0 Å². The third kappa shape index (κ3) is 6.16. The fraction of sp³-hybridized carbons (Fsp3) is 0.947. The van der Waals surface area contributed by atoms with Crippen molar-refractivity contribution in [2.45, 2.75) is 91.0 Å². The first-order valence-corrected chi connectivity index (χ1v) is 11.5. The van der Waals surface area contributed by atoms with Gasteiger partial charge in [-0.15, -0.1) is 0 Å². The van der Waals surface area contributed by atoms with Crippen LogP contribution in [0.2, 0.25) is 16.6 Å². The Labute approximate surface area is 150 Å². The van der Waals surface area contributed by atoms with Gasteiger partial charge in [-0.1, -0.05) is 55.4 Å². The second-order valence-electron chi connectivity index (χ2n) is 8.22. The van der Waals surface area contributed by atoms with E-state index >= 15 is 0 Å². The quantitative estimate of drug-likeness (QED) is 0.478. The Morgan fingerprint density at radius 1 is 0.917 bits per heavy atom. The SMILES string of the molecule is CO[C@H]([C@H](C)CO[Si](C(C)C)(C(C)C)C(C)C)[C@@H](C)CCC(=O)O. The van der Waals surface area contributed by atoms with Gasteiger partial charge in [0.15, 0.2) is 8.32 Å². The summed E-state index contributed by atoms with van der Waals surface area (Å²) in [6.45, 7) is 18.7. The molecule has 0 heterocycles. The molecule has 0 aliphatic heterocycles. The van der Waals surface area contributed by atoms with Crippen molar-refractivity contribution < 1.29 is 19.1 Å². The van der Waals surface area contributed by atoms with Gasteiger partial charge in [0.25, 0.3) is 0 Å². The van der Waals surface area contributed by atoms with Gasteiger partial charge in [-0.2, -0.15) is 0 Å². The fourth-order valence-electron chi connectivity index (χ4n) is 4.41. The van der Waals surface area contributed by atoms with E-state index in [2.05, 4.69) is 55.4 Å². The monoisotopic (exact) mass is 360 g/mol. The van der Waals surface area contributed by atoms with E-state index < -0.39 is 14.3 Å². The van der Waals surface area contributed by atoms with E-state index in [9.17, 15) is 4.79 Å². The average molecular weight is 361 g/mol. The molecule has 0 fully saturated rings. The van der Waals surface area contributed by atoms with E-state index in [1.165, 1.54) is 0 Å². The molecule has 0 aliphatic carbocycles. The summed E-state index contributed by atoms with van der Waals surface area (Å²) in [4.78, 5) is 10.8. The summed E-state index contributed by atoms with van der Waals surface area (Å²) in [6, 6.07) is 0. The molecule has 144 valence electrons. The lowest BCUT2D eigenvalue weighted by atomic mass is 9.90. The molecule has 0 unspecified atom stereocenters. The van der Waals surface area contributed by atoms with Crippen molar-refractivity contribution in [1.82, 2.24) is 0 Å². The standard InChI is InChI=1S/C19H40O4Si/c1-13(2)24(14(3)4,15(5)6)23-12-17(8)19(22-9)16(7)10-11-18(20)21/h13-17,19H,10-12H2,1-9H3,(H,20,21)/t16-,17+,19-/m0/s1. The number of ether oxygens (including phenoxy) is 1. The van der Waals surface area contributed by atoms with Crippen LogP contribution < -0.4 is 0 Å². The number of hydrogen-bond acceptors (Lipinski definition) is 3. The first-order chi connectivity index (χ1) is 11.0. The van der Waals surface area contributed by atoms with E-state index in [0.717, 1.165) is 0 Å². The largest absolute Gasteiger partial charge is 0.481 e.